The number of aromatic nitrogens is 3. The first-order chi connectivity index (χ1) is 27.2. The Morgan fingerprint density at radius 1 is 0.364 bits per heavy atom. The van der Waals surface area contributed by atoms with Gasteiger partial charge in [-0.15, -0.1) is 0 Å². The van der Waals surface area contributed by atoms with Crippen LogP contribution in [0.25, 0.3) is 93.6 Å². The number of fused-ring (bicyclic) bond motifs is 9. The lowest BCUT2D eigenvalue weighted by Gasteiger charge is -2.16. The summed E-state index contributed by atoms with van der Waals surface area (Å²) in [5, 5.41) is 27.3. The summed E-state index contributed by atoms with van der Waals surface area (Å²) in [5.41, 5.74) is 12.6. The second-order valence-electron chi connectivity index (χ2n) is 14.0. The fourth-order valence-electron chi connectivity index (χ4n) is 8.78. The van der Waals surface area contributed by atoms with E-state index in [0.29, 0.717) is 11.1 Å². The van der Waals surface area contributed by atoms with Gasteiger partial charge in [-0.25, -0.2) is 0 Å². The summed E-state index contributed by atoms with van der Waals surface area (Å²) in [6, 6.07) is 65.9. The van der Waals surface area contributed by atoms with Gasteiger partial charge in [0, 0.05) is 43.7 Å². The van der Waals surface area contributed by atoms with Gasteiger partial charge in [-0.3, -0.25) is 0 Å². The first kappa shape index (κ1) is 30.7. The van der Waals surface area contributed by atoms with Crippen molar-refractivity contribution in [3.05, 3.63) is 187 Å². The molecule has 0 aliphatic rings. The zero-order valence-corrected chi connectivity index (χ0v) is 29.5. The standard InChI is InChI=1S/C50H29N5/c51-30-32-23-26-48-43(27-32)41-16-4-5-18-44(41)53(48)35-12-9-11-33(28-35)37-25-24-36(29-34(37)31-52)54-45-19-6-3-15-40(45)42-17-10-22-49(50(42)54)55-46-20-7-1-13-38(46)39-14-2-8-21-47(39)55/h1-29H. The van der Waals surface area contributed by atoms with E-state index >= 15 is 0 Å². The molecule has 0 spiro atoms. The average Bonchev–Trinajstić information content (AvgIpc) is 3.89. The van der Waals surface area contributed by atoms with Crippen LogP contribution in [0.4, 0.5) is 0 Å². The maximum absolute atomic E-state index is 10.8. The molecule has 0 unspecified atom stereocenters. The molecular formula is C50H29N5. The lowest BCUT2D eigenvalue weighted by Crippen LogP contribution is -2.01. The molecule has 5 nitrogen and oxygen atoms in total. The number of nitriles is 2. The lowest BCUT2D eigenvalue weighted by atomic mass is 9.99. The molecule has 3 aromatic heterocycles. The Bertz CT molecular complexity index is 3420. The van der Waals surface area contributed by atoms with Crippen LogP contribution in [0.3, 0.4) is 0 Å². The van der Waals surface area contributed by atoms with Gasteiger partial charge >= 0.3 is 0 Å². The van der Waals surface area contributed by atoms with Gasteiger partial charge in [0.2, 0.25) is 0 Å². The molecule has 0 saturated carbocycles. The highest BCUT2D eigenvalue weighted by molar-refractivity contribution is 6.15. The number of rotatable bonds is 4. The maximum Gasteiger partial charge on any atom is 0.0998 e. The molecule has 0 N–H and O–H groups in total. The van der Waals surface area contributed by atoms with Crippen molar-refractivity contribution in [3.8, 4) is 40.3 Å². The highest BCUT2D eigenvalue weighted by atomic mass is 15.1. The third kappa shape index (κ3) is 4.45. The normalized spacial score (nSPS) is 11.6. The summed E-state index contributed by atoms with van der Waals surface area (Å²) >= 11 is 0. The fourth-order valence-corrected chi connectivity index (χ4v) is 8.78. The molecule has 0 atom stereocenters. The van der Waals surface area contributed by atoms with Crippen molar-refractivity contribution in [1.29, 1.82) is 10.5 Å². The molecule has 3 heterocycles. The molecule has 0 amide bonds. The zero-order chi connectivity index (χ0) is 36.6. The van der Waals surface area contributed by atoms with Crippen LogP contribution in [0.15, 0.2) is 176 Å². The van der Waals surface area contributed by atoms with E-state index in [1.807, 2.05) is 36.4 Å². The summed E-state index contributed by atoms with van der Waals surface area (Å²) in [6.45, 7) is 0. The smallest absolute Gasteiger partial charge is 0.0998 e. The fraction of sp³-hybridized carbons (Fsp3) is 0. The minimum absolute atomic E-state index is 0.593. The molecule has 0 aliphatic heterocycles. The van der Waals surface area contributed by atoms with Crippen LogP contribution >= 0.6 is 0 Å². The summed E-state index contributed by atoms with van der Waals surface area (Å²) in [4.78, 5) is 0. The molecule has 0 radical (unpaired) electrons. The third-order valence-corrected chi connectivity index (χ3v) is 11.1. The first-order valence-electron chi connectivity index (χ1n) is 18.3. The van der Waals surface area contributed by atoms with E-state index in [2.05, 4.69) is 165 Å². The molecule has 0 saturated heterocycles. The van der Waals surface area contributed by atoms with Crippen LogP contribution in [0.5, 0.6) is 0 Å². The van der Waals surface area contributed by atoms with Crippen LogP contribution in [0.1, 0.15) is 11.1 Å². The largest absolute Gasteiger partial charge is 0.309 e. The Morgan fingerprint density at radius 2 is 0.909 bits per heavy atom. The van der Waals surface area contributed by atoms with Crippen LogP contribution in [0, 0.1) is 22.7 Å². The van der Waals surface area contributed by atoms with E-state index in [9.17, 15) is 10.5 Å². The number of para-hydroxylation sites is 5. The second-order valence-corrected chi connectivity index (χ2v) is 14.0. The van der Waals surface area contributed by atoms with Crippen LogP contribution in [-0.2, 0) is 0 Å². The van der Waals surface area contributed by atoms with Crippen molar-refractivity contribution in [3.63, 3.8) is 0 Å². The van der Waals surface area contributed by atoms with Crippen molar-refractivity contribution in [1.82, 2.24) is 13.7 Å². The van der Waals surface area contributed by atoms with E-state index in [0.717, 1.165) is 82.8 Å². The summed E-state index contributed by atoms with van der Waals surface area (Å²) < 4.78 is 6.94. The average molecular weight is 700 g/mol. The quantitative estimate of drug-likeness (QED) is 0.184. The van der Waals surface area contributed by atoms with Gasteiger partial charge in [0.25, 0.3) is 0 Å². The minimum atomic E-state index is 0.593. The van der Waals surface area contributed by atoms with E-state index in [-0.39, 0.29) is 0 Å². The van der Waals surface area contributed by atoms with E-state index in [1.165, 1.54) is 10.8 Å². The van der Waals surface area contributed by atoms with E-state index < -0.39 is 0 Å². The predicted octanol–water partition coefficient (Wildman–Crippen LogP) is 12.4. The monoisotopic (exact) mass is 699 g/mol. The van der Waals surface area contributed by atoms with E-state index in [1.54, 1.807) is 0 Å². The molecule has 11 aromatic rings. The van der Waals surface area contributed by atoms with Gasteiger partial charge < -0.3 is 13.7 Å². The second kappa shape index (κ2) is 11.8. The summed E-state index contributed by atoms with van der Waals surface area (Å²) in [6.07, 6.45) is 0. The topological polar surface area (TPSA) is 62.4 Å². The van der Waals surface area contributed by atoms with Crippen LogP contribution in [0.2, 0.25) is 0 Å². The van der Waals surface area contributed by atoms with Crippen molar-refractivity contribution in [2.75, 3.05) is 0 Å². The molecule has 254 valence electrons. The summed E-state index contributed by atoms with van der Waals surface area (Å²) in [5.74, 6) is 0. The van der Waals surface area contributed by atoms with Gasteiger partial charge in [-0.1, -0.05) is 103 Å². The number of hydrogen-bond donors (Lipinski definition) is 0. The highest BCUT2D eigenvalue weighted by Gasteiger charge is 2.21. The van der Waals surface area contributed by atoms with Gasteiger partial charge in [-0.05, 0) is 83.9 Å². The third-order valence-electron chi connectivity index (χ3n) is 11.1. The molecule has 0 bridgehead atoms. The van der Waals surface area contributed by atoms with Crippen molar-refractivity contribution < 1.29 is 0 Å². The number of hydrogen-bond acceptors (Lipinski definition) is 2. The highest BCUT2D eigenvalue weighted by Crippen LogP contribution is 2.41. The van der Waals surface area contributed by atoms with Gasteiger partial charge in [0.15, 0.2) is 0 Å². The Morgan fingerprint density at radius 3 is 1.58 bits per heavy atom. The Kier molecular flexibility index (Phi) is 6.61. The predicted molar refractivity (Wildman–Crippen MR) is 224 cm³/mol. The van der Waals surface area contributed by atoms with Gasteiger partial charge in [0.05, 0.1) is 62.1 Å². The van der Waals surface area contributed by atoms with Crippen molar-refractivity contribution >= 4 is 65.4 Å². The zero-order valence-electron chi connectivity index (χ0n) is 29.5. The maximum atomic E-state index is 10.8. The van der Waals surface area contributed by atoms with Gasteiger partial charge in [-0.2, -0.15) is 10.5 Å². The van der Waals surface area contributed by atoms with E-state index in [4.69, 9.17) is 0 Å². The van der Waals surface area contributed by atoms with Crippen LogP contribution < -0.4 is 0 Å². The molecule has 0 fully saturated rings. The number of nitrogens with zero attached hydrogens (tertiary/aromatic N) is 5. The molecule has 0 aliphatic carbocycles. The Balaban J connectivity index is 1.12. The molecule has 55 heavy (non-hydrogen) atoms. The van der Waals surface area contributed by atoms with Crippen LogP contribution in [-0.4, -0.2) is 13.7 Å². The molecule has 5 heteroatoms. The molecular weight excluding hydrogens is 671 g/mol. The van der Waals surface area contributed by atoms with Crippen molar-refractivity contribution in [2.24, 2.45) is 0 Å². The lowest BCUT2D eigenvalue weighted by molar-refractivity contribution is 1.13. The van der Waals surface area contributed by atoms with Gasteiger partial charge in [0.1, 0.15) is 0 Å². The first-order valence-corrected chi connectivity index (χ1v) is 18.3. The summed E-state index contributed by atoms with van der Waals surface area (Å²) in [7, 11) is 0. The Labute approximate surface area is 316 Å². The Hall–Kier alpha value is -7.86. The van der Waals surface area contributed by atoms with Crippen molar-refractivity contribution in [2.45, 2.75) is 0 Å². The molecule has 11 rings (SSSR count). The molecule has 8 aromatic carbocycles. The SMILES string of the molecule is N#Cc1ccc2c(c1)c1ccccc1n2-c1cccc(-c2ccc(-n3c4ccccc4c4cccc(-n5c6ccccc6c6ccccc65)c43)cc2C#N)c1. The minimum Gasteiger partial charge on any atom is -0.309 e. The number of benzene rings is 8.